The molecule has 3 atom stereocenters. The molecule has 0 spiro atoms. The van der Waals surface area contributed by atoms with Gasteiger partial charge >= 0.3 is 0 Å². The molecule has 3 heterocycles. The molecule has 1 aromatic carbocycles. The first-order valence-electron chi connectivity index (χ1n) is 9.80. The zero-order valence-electron chi connectivity index (χ0n) is 17.2. The van der Waals surface area contributed by atoms with Crippen molar-refractivity contribution in [1.29, 1.82) is 0 Å². The van der Waals surface area contributed by atoms with E-state index in [0.717, 1.165) is 12.7 Å². The summed E-state index contributed by atoms with van der Waals surface area (Å²) in [5.41, 5.74) is 5.95. The first-order valence-corrected chi connectivity index (χ1v) is 9.80. The molecule has 3 unspecified atom stereocenters. The Bertz CT molecular complexity index is 922. The molecule has 2 aliphatic heterocycles. The molecule has 164 valence electrons. The van der Waals surface area contributed by atoms with E-state index in [9.17, 15) is 15.0 Å². The number of fused-ring (bicyclic) bond motifs is 1. The van der Waals surface area contributed by atoms with E-state index in [-0.39, 0.29) is 43.9 Å². The normalized spacial score (nSPS) is 23.4. The van der Waals surface area contributed by atoms with Crippen molar-refractivity contribution in [1.82, 2.24) is 9.55 Å². The molecule has 2 aliphatic rings. The molecule has 0 saturated carbocycles. The van der Waals surface area contributed by atoms with E-state index in [1.807, 2.05) is 37.3 Å². The summed E-state index contributed by atoms with van der Waals surface area (Å²) in [6.07, 6.45) is 0.419. The van der Waals surface area contributed by atoms with Crippen LogP contribution >= 0.6 is 0 Å². The number of ether oxygens (including phenoxy) is 1. The molecular formula is C20H29N5O5. The Kier molecular flexibility index (Phi) is 6.61. The monoisotopic (exact) mass is 419 g/mol. The number of aromatic nitrogens is 2. The number of rotatable bonds is 5. The number of anilines is 3. The summed E-state index contributed by atoms with van der Waals surface area (Å²) >= 11 is 0. The minimum Gasteiger partial charge on any atom is -0.400 e. The number of nitrogen functional groups attached to an aromatic ring is 1. The van der Waals surface area contributed by atoms with Gasteiger partial charge in [-0.2, -0.15) is 4.98 Å². The van der Waals surface area contributed by atoms with Crippen LogP contribution in [0.4, 0.5) is 17.5 Å². The van der Waals surface area contributed by atoms with Crippen LogP contribution in [0.2, 0.25) is 0 Å². The number of nitrogens with zero attached hydrogens (tertiary/aromatic N) is 3. The van der Waals surface area contributed by atoms with E-state index in [1.165, 1.54) is 4.57 Å². The zero-order chi connectivity index (χ0) is 21.9. The Balaban J connectivity index is 0.00000124. The van der Waals surface area contributed by atoms with Gasteiger partial charge < -0.3 is 36.0 Å². The van der Waals surface area contributed by atoms with Crippen molar-refractivity contribution in [2.45, 2.75) is 37.6 Å². The molecule has 2 aromatic rings. The van der Waals surface area contributed by atoms with Gasteiger partial charge in [-0.1, -0.05) is 30.3 Å². The SMILES string of the molecule is CC(Cc1ccccc1)n1c(N)nc2c(c1=O)NCN2C1(O)COC(CO)C1.CO. The summed E-state index contributed by atoms with van der Waals surface area (Å²) in [6.45, 7) is 1.99. The quantitative estimate of drug-likeness (QED) is 0.448. The summed E-state index contributed by atoms with van der Waals surface area (Å²) in [7, 11) is 1.00. The molecule has 1 saturated heterocycles. The van der Waals surface area contributed by atoms with E-state index < -0.39 is 11.8 Å². The van der Waals surface area contributed by atoms with Crippen LogP contribution in [0.1, 0.15) is 24.9 Å². The lowest BCUT2D eigenvalue weighted by Crippen LogP contribution is -2.50. The maximum absolute atomic E-state index is 13.1. The number of benzene rings is 1. The third kappa shape index (κ3) is 3.99. The van der Waals surface area contributed by atoms with Crippen molar-refractivity contribution in [3.05, 3.63) is 46.2 Å². The van der Waals surface area contributed by atoms with Crippen molar-refractivity contribution in [2.75, 3.05) is 42.9 Å². The number of hydrogen-bond acceptors (Lipinski definition) is 9. The fourth-order valence-corrected chi connectivity index (χ4v) is 3.98. The van der Waals surface area contributed by atoms with Crippen LogP contribution < -0.4 is 21.5 Å². The smallest absolute Gasteiger partial charge is 0.280 e. The highest BCUT2D eigenvalue weighted by molar-refractivity contribution is 5.72. The van der Waals surface area contributed by atoms with Gasteiger partial charge in [0.15, 0.2) is 11.5 Å². The fraction of sp³-hybridized carbons (Fsp3) is 0.500. The Morgan fingerprint density at radius 2 is 2.07 bits per heavy atom. The number of aliphatic hydroxyl groups is 3. The van der Waals surface area contributed by atoms with Gasteiger partial charge in [-0.05, 0) is 18.9 Å². The number of hydrogen-bond donors (Lipinski definition) is 5. The van der Waals surface area contributed by atoms with Gasteiger partial charge in [0, 0.05) is 19.6 Å². The number of aliphatic hydroxyl groups excluding tert-OH is 2. The highest BCUT2D eigenvalue weighted by Gasteiger charge is 2.47. The summed E-state index contributed by atoms with van der Waals surface area (Å²) < 4.78 is 6.90. The van der Waals surface area contributed by atoms with E-state index in [0.29, 0.717) is 17.9 Å². The molecule has 1 fully saturated rings. The summed E-state index contributed by atoms with van der Waals surface area (Å²) in [6, 6.07) is 9.69. The van der Waals surface area contributed by atoms with Gasteiger partial charge in [-0.3, -0.25) is 9.36 Å². The Morgan fingerprint density at radius 3 is 2.70 bits per heavy atom. The van der Waals surface area contributed by atoms with Gasteiger partial charge in [0.2, 0.25) is 5.95 Å². The second-order valence-corrected chi connectivity index (χ2v) is 7.45. The third-order valence-corrected chi connectivity index (χ3v) is 5.42. The average molecular weight is 419 g/mol. The van der Waals surface area contributed by atoms with Crippen LogP contribution in [0, 0.1) is 0 Å². The lowest BCUT2D eigenvalue weighted by atomic mass is 10.1. The van der Waals surface area contributed by atoms with E-state index in [1.54, 1.807) is 4.90 Å². The summed E-state index contributed by atoms with van der Waals surface area (Å²) in [5.74, 6) is 0.414. The largest absolute Gasteiger partial charge is 0.400 e. The molecule has 6 N–H and O–H groups in total. The molecule has 0 aliphatic carbocycles. The molecule has 1 aromatic heterocycles. The number of nitrogens with two attached hydrogens (primary N) is 1. The van der Waals surface area contributed by atoms with Crippen LogP contribution in [0.5, 0.6) is 0 Å². The van der Waals surface area contributed by atoms with Gasteiger partial charge in [-0.25, -0.2) is 0 Å². The third-order valence-electron chi connectivity index (χ3n) is 5.42. The first-order chi connectivity index (χ1) is 14.4. The lowest BCUT2D eigenvalue weighted by molar-refractivity contribution is 0.0143. The average Bonchev–Trinajstić information content (AvgIpc) is 3.35. The summed E-state index contributed by atoms with van der Waals surface area (Å²) in [5, 5.41) is 30.3. The first kappa shape index (κ1) is 22.0. The maximum atomic E-state index is 13.1. The standard InChI is InChI=1S/C19H25N5O4.CH4O/c1-12(7-13-5-3-2-4-6-13)24-17(26)15-16(22-18(24)20)23(11-21-15)19(27)8-14(9-25)28-10-19;1-2/h2-6,12,14,21,25,27H,7-11H2,1H3,(H2,20,22);2H,1H3. The van der Waals surface area contributed by atoms with E-state index >= 15 is 0 Å². The highest BCUT2D eigenvalue weighted by Crippen LogP contribution is 2.37. The van der Waals surface area contributed by atoms with Gasteiger partial charge in [0.05, 0.1) is 26.0 Å². The Labute approximate surface area is 174 Å². The molecule has 10 nitrogen and oxygen atoms in total. The Hall–Kier alpha value is -2.66. The van der Waals surface area contributed by atoms with E-state index in [2.05, 4.69) is 10.3 Å². The molecule has 0 bridgehead atoms. The molecule has 10 heteroatoms. The molecule has 0 amide bonds. The van der Waals surface area contributed by atoms with Crippen LogP contribution in [-0.4, -0.2) is 63.7 Å². The number of nitrogens with one attached hydrogen (secondary N) is 1. The zero-order valence-corrected chi connectivity index (χ0v) is 17.2. The van der Waals surface area contributed by atoms with Crippen molar-refractivity contribution >= 4 is 17.5 Å². The van der Waals surface area contributed by atoms with Crippen LogP contribution in [0.25, 0.3) is 0 Å². The minimum absolute atomic E-state index is 0.0222. The van der Waals surface area contributed by atoms with Crippen LogP contribution in [0.3, 0.4) is 0 Å². The molecule has 30 heavy (non-hydrogen) atoms. The topological polar surface area (TPSA) is 146 Å². The Morgan fingerprint density at radius 1 is 1.37 bits per heavy atom. The molecular weight excluding hydrogens is 390 g/mol. The van der Waals surface area contributed by atoms with Gasteiger partial charge in [-0.15, -0.1) is 0 Å². The molecule has 0 radical (unpaired) electrons. The minimum atomic E-state index is -1.35. The van der Waals surface area contributed by atoms with Gasteiger partial charge in [0.1, 0.15) is 5.69 Å². The highest BCUT2D eigenvalue weighted by atomic mass is 16.5. The predicted molar refractivity (Wildman–Crippen MR) is 113 cm³/mol. The fourth-order valence-electron chi connectivity index (χ4n) is 3.98. The second-order valence-electron chi connectivity index (χ2n) is 7.45. The van der Waals surface area contributed by atoms with Crippen molar-refractivity contribution in [3.8, 4) is 0 Å². The van der Waals surface area contributed by atoms with Crippen LogP contribution in [-0.2, 0) is 11.2 Å². The van der Waals surface area contributed by atoms with Crippen molar-refractivity contribution in [2.24, 2.45) is 0 Å². The van der Waals surface area contributed by atoms with E-state index in [4.69, 9.17) is 15.6 Å². The molecule has 4 rings (SSSR count). The van der Waals surface area contributed by atoms with Gasteiger partial charge in [0.25, 0.3) is 5.56 Å². The summed E-state index contributed by atoms with van der Waals surface area (Å²) in [4.78, 5) is 19.1. The maximum Gasteiger partial charge on any atom is 0.280 e. The lowest BCUT2D eigenvalue weighted by Gasteiger charge is -2.33. The van der Waals surface area contributed by atoms with Crippen molar-refractivity contribution in [3.63, 3.8) is 0 Å². The second kappa shape index (κ2) is 9.00. The van der Waals surface area contributed by atoms with Crippen LogP contribution in [0.15, 0.2) is 35.1 Å². The predicted octanol–water partition coefficient (Wildman–Crippen LogP) is -0.103. The van der Waals surface area contributed by atoms with Crippen molar-refractivity contribution < 1.29 is 20.1 Å².